The molecule has 2 N–H and O–H groups in total. The summed E-state index contributed by atoms with van der Waals surface area (Å²) in [5, 5.41) is 14.3. The minimum atomic E-state index is -0.682. The Kier molecular flexibility index (Phi) is 6.84. The van der Waals surface area contributed by atoms with Gasteiger partial charge in [0.1, 0.15) is 0 Å². The van der Waals surface area contributed by atoms with Crippen LogP contribution in [0.5, 0.6) is 0 Å². The molecule has 0 spiro atoms. The first-order valence-electron chi connectivity index (χ1n) is 9.63. The Morgan fingerprint density at radius 2 is 1.76 bits per heavy atom. The van der Waals surface area contributed by atoms with Gasteiger partial charge in [-0.2, -0.15) is 0 Å². The number of hydrogen-bond donors (Lipinski definition) is 2. The van der Waals surface area contributed by atoms with Crippen molar-refractivity contribution >= 4 is 0 Å². The Labute approximate surface area is 152 Å². The van der Waals surface area contributed by atoms with E-state index in [9.17, 15) is 5.11 Å². The fourth-order valence-electron chi connectivity index (χ4n) is 3.80. The summed E-state index contributed by atoms with van der Waals surface area (Å²) in [6, 6.07) is 11.2. The van der Waals surface area contributed by atoms with Crippen LogP contribution in [0.15, 0.2) is 30.3 Å². The molecule has 3 rings (SSSR count). The summed E-state index contributed by atoms with van der Waals surface area (Å²) in [7, 11) is 0. The van der Waals surface area contributed by atoms with Crippen molar-refractivity contribution in [2.45, 2.75) is 38.0 Å². The van der Waals surface area contributed by atoms with E-state index in [1.165, 1.54) is 5.56 Å². The Morgan fingerprint density at radius 1 is 1.08 bits per heavy atom. The quantitative estimate of drug-likeness (QED) is 0.779. The molecule has 0 aromatic heterocycles. The third-order valence-electron chi connectivity index (χ3n) is 5.28. The number of morpholine rings is 1. The van der Waals surface area contributed by atoms with Gasteiger partial charge in [-0.3, -0.25) is 9.80 Å². The number of nitrogens with zero attached hydrogens (tertiary/aromatic N) is 2. The highest BCUT2D eigenvalue weighted by molar-refractivity contribution is 5.14. The van der Waals surface area contributed by atoms with Crippen molar-refractivity contribution in [3.8, 4) is 0 Å². The van der Waals surface area contributed by atoms with E-state index in [1.807, 2.05) is 6.92 Å². The second-order valence-electron chi connectivity index (χ2n) is 7.80. The van der Waals surface area contributed by atoms with Crippen LogP contribution in [0.25, 0.3) is 0 Å². The molecular weight excluding hydrogens is 314 g/mol. The lowest BCUT2D eigenvalue weighted by Gasteiger charge is -2.37. The topological polar surface area (TPSA) is 48.0 Å². The number of aliphatic hydroxyl groups is 1. The number of benzene rings is 1. The second kappa shape index (κ2) is 9.10. The van der Waals surface area contributed by atoms with Crippen LogP contribution in [0.4, 0.5) is 0 Å². The lowest BCUT2D eigenvalue weighted by molar-refractivity contribution is -0.0236. The van der Waals surface area contributed by atoms with E-state index in [0.717, 1.165) is 65.3 Å². The zero-order chi connectivity index (χ0) is 17.5. The normalized spacial score (nSPS) is 23.4. The van der Waals surface area contributed by atoms with E-state index in [0.29, 0.717) is 12.6 Å². The summed E-state index contributed by atoms with van der Waals surface area (Å²) >= 11 is 0. The van der Waals surface area contributed by atoms with Crippen molar-refractivity contribution in [3.63, 3.8) is 0 Å². The molecule has 2 saturated heterocycles. The molecule has 0 aliphatic carbocycles. The molecule has 0 radical (unpaired) electrons. The van der Waals surface area contributed by atoms with Gasteiger partial charge in [0.15, 0.2) is 0 Å². The molecule has 0 amide bonds. The van der Waals surface area contributed by atoms with Gasteiger partial charge in [0.05, 0.1) is 18.8 Å². The highest BCUT2D eigenvalue weighted by atomic mass is 16.5. The van der Waals surface area contributed by atoms with Crippen molar-refractivity contribution in [1.29, 1.82) is 0 Å². The summed E-state index contributed by atoms with van der Waals surface area (Å²) in [5.74, 6) is 0. The molecule has 2 heterocycles. The molecule has 1 aromatic carbocycles. The molecule has 140 valence electrons. The fourth-order valence-corrected chi connectivity index (χ4v) is 3.80. The van der Waals surface area contributed by atoms with Crippen molar-refractivity contribution in [3.05, 3.63) is 35.9 Å². The zero-order valence-electron chi connectivity index (χ0n) is 15.5. The van der Waals surface area contributed by atoms with Crippen LogP contribution in [-0.2, 0) is 11.3 Å². The number of β-amino-alcohol motifs (C(OH)–C–C–N with tert-alkyl or cyclic N) is 1. The average molecular weight is 348 g/mol. The number of hydrogen-bond acceptors (Lipinski definition) is 5. The van der Waals surface area contributed by atoms with Gasteiger partial charge in [0.25, 0.3) is 0 Å². The molecule has 1 atom stereocenters. The van der Waals surface area contributed by atoms with Crippen molar-refractivity contribution in [2.24, 2.45) is 0 Å². The van der Waals surface area contributed by atoms with Gasteiger partial charge in [-0.1, -0.05) is 30.3 Å². The maximum absolute atomic E-state index is 10.7. The highest BCUT2D eigenvalue weighted by Crippen LogP contribution is 2.15. The minimum absolute atomic E-state index is 0.517. The van der Waals surface area contributed by atoms with E-state index in [4.69, 9.17) is 4.74 Å². The predicted octanol–water partition coefficient (Wildman–Crippen LogP) is 1.32. The highest BCUT2D eigenvalue weighted by Gasteiger charge is 2.27. The summed E-state index contributed by atoms with van der Waals surface area (Å²) in [5.41, 5.74) is 0.709. The molecule has 5 nitrogen and oxygen atoms in total. The van der Waals surface area contributed by atoms with Crippen molar-refractivity contribution in [2.75, 3.05) is 52.5 Å². The first kappa shape index (κ1) is 18.8. The van der Waals surface area contributed by atoms with E-state index >= 15 is 0 Å². The number of ether oxygens (including phenoxy) is 1. The first-order chi connectivity index (χ1) is 12.1. The third-order valence-corrected chi connectivity index (χ3v) is 5.28. The van der Waals surface area contributed by atoms with Gasteiger partial charge in [-0.15, -0.1) is 0 Å². The Hall–Kier alpha value is -0.980. The van der Waals surface area contributed by atoms with Gasteiger partial charge < -0.3 is 15.2 Å². The number of piperidine rings is 1. The molecule has 1 aromatic rings. The van der Waals surface area contributed by atoms with E-state index in [-0.39, 0.29) is 0 Å². The second-order valence-corrected chi connectivity index (χ2v) is 7.80. The lowest BCUT2D eigenvalue weighted by Crippen LogP contribution is -2.53. The van der Waals surface area contributed by atoms with Gasteiger partial charge in [-0.05, 0) is 38.4 Å². The zero-order valence-corrected chi connectivity index (χ0v) is 15.5. The smallest absolute Gasteiger partial charge is 0.0869 e. The number of likely N-dealkylation sites (tertiary alicyclic amines) is 1. The first-order valence-corrected chi connectivity index (χ1v) is 9.63. The summed E-state index contributed by atoms with van der Waals surface area (Å²) < 4.78 is 5.38. The van der Waals surface area contributed by atoms with Crippen LogP contribution in [0.2, 0.25) is 0 Å². The molecule has 2 aliphatic heterocycles. The molecule has 0 saturated carbocycles. The molecule has 25 heavy (non-hydrogen) atoms. The lowest BCUT2D eigenvalue weighted by atomic mass is 10.0. The summed E-state index contributed by atoms with van der Waals surface area (Å²) in [6.07, 6.45) is 2.31. The van der Waals surface area contributed by atoms with Gasteiger partial charge in [-0.25, -0.2) is 0 Å². The average Bonchev–Trinajstić information content (AvgIpc) is 2.63. The van der Waals surface area contributed by atoms with Crippen molar-refractivity contribution in [1.82, 2.24) is 15.1 Å². The third kappa shape index (κ3) is 6.35. The van der Waals surface area contributed by atoms with Crippen LogP contribution in [-0.4, -0.2) is 79.0 Å². The van der Waals surface area contributed by atoms with Crippen LogP contribution in [0.3, 0.4) is 0 Å². The molecule has 0 bridgehead atoms. The minimum Gasteiger partial charge on any atom is -0.388 e. The van der Waals surface area contributed by atoms with E-state index < -0.39 is 5.60 Å². The summed E-state index contributed by atoms with van der Waals surface area (Å²) in [4.78, 5) is 4.83. The maximum atomic E-state index is 10.7. The molecule has 5 heteroatoms. The number of rotatable bonds is 7. The van der Waals surface area contributed by atoms with Gasteiger partial charge in [0.2, 0.25) is 0 Å². The van der Waals surface area contributed by atoms with Gasteiger partial charge >= 0.3 is 0 Å². The van der Waals surface area contributed by atoms with Crippen LogP contribution in [0.1, 0.15) is 25.3 Å². The Balaban J connectivity index is 1.35. The largest absolute Gasteiger partial charge is 0.388 e. The monoisotopic (exact) mass is 347 g/mol. The predicted molar refractivity (Wildman–Crippen MR) is 101 cm³/mol. The van der Waals surface area contributed by atoms with Crippen LogP contribution in [0, 0.1) is 0 Å². The van der Waals surface area contributed by atoms with Crippen molar-refractivity contribution < 1.29 is 9.84 Å². The molecule has 2 aliphatic rings. The Morgan fingerprint density at radius 3 is 2.44 bits per heavy atom. The van der Waals surface area contributed by atoms with Crippen LogP contribution >= 0.6 is 0 Å². The maximum Gasteiger partial charge on any atom is 0.0869 e. The van der Waals surface area contributed by atoms with E-state index in [2.05, 4.69) is 45.4 Å². The molecule has 2 fully saturated rings. The van der Waals surface area contributed by atoms with E-state index in [1.54, 1.807) is 0 Å². The molecule has 1 unspecified atom stereocenters. The van der Waals surface area contributed by atoms with Crippen LogP contribution < -0.4 is 5.32 Å². The van der Waals surface area contributed by atoms with Gasteiger partial charge in [0, 0.05) is 38.8 Å². The molecular formula is C20H33N3O2. The standard InChI is InChI=1S/C20H33N3O2/c1-20(24,17-23-11-13-25-14-12-23)16-21-19-7-9-22(10-8-19)15-18-5-3-2-4-6-18/h2-6,19,21,24H,7-17H2,1H3. The summed E-state index contributed by atoms with van der Waals surface area (Å²) in [6.45, 7) is 10.0. The fraction of sp³-hybridized carbons (Fsp3) is 0.700. The number of nitrogens with one attached hydrogen (secondary N) is 1. The SMILES string of the molecule is CC(O)(CNC1CCN(Cc2ccccc2)CC1)CN1CCOCC1. The Bertz CT molecular complexity index is 495.